The second-order valence-electron chi connectivity index (χ2n) is 5.49. The predicted octanol–water partition coefficient (Wildman–Crippen LogP) is 0.112. The lowest BCUT2D eigenvalue weighted by molar-refractivity contribution is 0.0628. The molecule has 1 amide bonds. The number of piperazine rings is 1. The lowest BCUT2D eigenvalue weighted by Gasteiger charge is -2.34. The summed E-state index contributed by atoms with van der Waals surface area (Å²) in [6.45, 7) is 4.19. The molecule has 1 aliphatic heterocycles. The summed E-state index contributed by atoms with van der Waals surface area (Å²) in [5.74, 6) is 0.0733. The molecule has 1 fully saturated rings. The van der Waals surface area contributed by atoms with Gasteiger partial charge >= 0.3 is 0 Å². The van der Waals surface area contributed by atoms with Gasteiger partial charge in [-0.2, -0.15) is 10.2 Å². The van der Waals surface area contributed by atoms with Gasteiger partial charge in [0.25, 0.3) is 5.91 Å². The zero-order valence-electron chi connectivity index (χ0n) is 12.4. The van der Waals surface area contributed by atoms with Crippen LogP contribution in [0.5, 0.6) is 0 Å². The molecule has 0 aliphatic carbocycles. The molecule has 7 nitrogen and oxygen atoms in total. The fourth-order valence-electron chi connectivity index (χ4n) is 2.64. The van der Waals surface area contributed by atoms with E-state index in [1.54, 1.807) is 17.1 Å². The molecule has 2 aromatic heterocycles. The fraction of sp³-hybridized carbons (Fsp3) is 0.500. The summed E-state index contributed by atoms with van der Waals surface area (Å²) in [5.41, 5.74) is 1.88. The standard InChI is InChI=1S/C14H20N6O/c1-17-9-12(7-15-17)10-19-3-5-20(6-4-19)14(21)13-8-16-18(2)11-13/h7-9,11H,3-6,10H2,1-2H3. The Morgan fingerprint density at radius 2 is 1.71 bits per heavy atom. The van der Waals surface area contributed by atoms with E-state index in [0.29, 0.717) is 5.56 Å². The molecule has 1 aliphatic rings. The van der Waals surface area contributed by atoms with Crippen LogP contribution in [0.2, 0.25) is 0 Å². The molecule has 21 heavy (non-hydrogen) atoms. The van der Waals surface area contributed by atoms with E-state index in [9.17, 15) is 4.79 Å². The molecule has 3 heterocycles. The highest BCUT2D eigenvalue weighted by Gasteiger charge is 2.23. The third-order valence-corrected chi connectivity index (χ3v) is 3.78. The molecule has 0 saturated carbocycles. The largest absolute Gasteiger partial charge is 0.336 e. The van der Waals surface area contributed by atoms with Gasteiger partial charge in [0.05, 0.1) is 18.0 Å². The Kier molecular flexibility index (Phi) is 3.74. The van der Waals surface area contributed by atoms with Crippen molar-refractivity contribution in [3.05, 3.63) is 35.9 Å². The van der Waals surface area contributed by atoms with Crippen molar-refractivity contribution >= 4 is 5.91 Å². The van der Waals surface area contributed by atoms with Gasteiger partial charge in [-0.3, -0.25) is 19.1 Å². The van der Waals surface area contributed by atoms with Crippen molar-refractivity contribution in [2.45, 2.75) is 6.54 Å². The monoisotopic (exact) mass is 288 g/mol. The van der Waals surface area contributed by atoms with Gasteiger partial charge in [-0.25, -0.2) is 0 Å². The van der Waals surface area contributed by atoms with Gasteiger partial charge in [0.2, 0.25) is 0 Å². The average Bonchev–Trinajstić information content (AvgIpc) is 3.08. The van der Waals surface area contributed by atoms with E-state index in [2.05, 4.69) is 15.1 Å². The summed E-state index contributed by atoms with van der Waals surface area (Å²) in [6, 6.07) is 0. The quantitative estimate of drug-likeness (QED) is 0.804. The Labute approximate surface area is 123 Å². The maximum Gasteiger partial charge on any atom is 0.257 e. The maximum absolute atomic E-state index is 12.3. The molecule has 0 aromatic carbocycles. The highest BCUT2D eigenvalue weighted by atomic mass is 16.2. The van der Waals surface area contributed by atoms with Gasteiger partial charge in [-0.15, -0.1) is 0 Å². The molecule has 7 heteroatoms. The molecule has 0 unspecified atom stereocenters. The first-order valence-corrected chi connectivity index (χ1v) is 7.09. The molecule has 1 saturated heterocycles. The topological polar surface area (TPSA) is 59.2 Å². The van der Waals surface area contributed by atoms with Crippen LogP contribution in [-0.4, -0.2) is 61.4 Å². The highest BCUT2D eigenvalue weighted by Crippen LogP contribution is 2.10. The molecular formula is C14H20N6O. The van der Waals surface area contributed by atoms with E-state index in [0.717, 1.165) is 32.7 Å². The molecule has 0 N–H and O–H groups in total. The summed E-state index contributed by atoms with van der Waals surface area (Å²) in [7, 11) is 3.75. The van der Waals surface area contributed by atoms with Gasteiger partial charge in [0, 0.05) is 64.8 Å². The number of amides is 1. The van der Waals surface area contributed by atoms with Crippen molar-refractivity contribution in [1.82, 2.24) is 29.4 Å². The van der Waals surface area contributed by atoms with Gasteiger partial charge in [0.1, 0.15) is 0 Å². The molecule has 3 rings (SSSR count). The zero-order valence-corrected chi connectivity index (χ0v) is 12.4. The second-order valence-corrected chi connectivity index (χ2v) is 5.49. The van der Waals surface area contributed by atoms with Crippen LogP contribution in [0, 0.1) is 0 Å². The van der Waals surface area contributed by atoms with E-state index in [1.807, 2.05) is 36.1 Å². The van der Waals surface area contributed by atoms with Crippen LogP contribution in [0.3, 0.4) is 0 Å². The van der Waals surface area contributed by atoms with Crippen LogP contribution >= 0.6 is 0 Å². The maximum atomic E-state index is 12.3. The smallest absolute Gasteiger partial charge is 0.257 e. The summed E-state index contributed by atoms with van der Waals surface area (Å²) in [4.78, 5) is 16.6. The normalized spacial score (nSPS) is 16.4. The van der Waals surface area contributed by atoms with E-state index < -0.39 is 0 Å². The van der Waals surface area contributed by atoms with Crippen molar-refractivity contribution in [2.75, 3.05) is 26.2 Å². The van der Waals surface area contributed by atoms with Crippen LogP contribution in [0.1, 0.15) is 15.9 Å². The van der Waals surface area contributed by atoms with Crippen LogP contribution in [0.15, 0.2) is 24.8 Å². The van der Waals surface area contributed by atoms with Gasteiger partial charge < -0.3 is 4.90 Å². The van der Waals surface area contributed by atoms with Crippen LogP contribution in [-0.2, 0) is 20.6 Å². The van der Waals surface area contributed by atoms with Crippen molar-refractivity contribution < 1.29 is 4.79 Å². The van der Waals surface area contributed by atoms with Gasteiger partial charge in [-0.1, -0.05) is 0 Å². The van der Waals surface area contributed by atoms with Gasteiger partial charge in [0.15, 0.2) is 0 Å². The first-order valence-electron chi connectivity index (χ1n) is 7.09. The summed E-state index contributed by atoms with van der Waals surface area (Å²) in [6.07, 6.45) is 7.33. The minimum Gasteiger partial charge on any atom is -0.336 e. The van der Waals surface area contributed by atoms with E-state index >= 15 is 0 Å². The number of aryl methyl sites for hydroxylation is 2. The first kappa shape index (κ1) is 13.8. The van der Waals surface area contributed by atoms with Gasteiger partial charge in [-0.05, 0) is 0 Å². The van der Waals surface area contributed by atoms with E-state index in [1.165, 1.54) is 5.56 Å². The molecule has 112 valence electrons. The van der Waals surface area contributed by atoms with Crippen molar-refractivity contribution in [3.63, 3.8) is 0 Å². The third-order valence-electron chi connectivity index (χ3n) is 3.78. The number of hydrogen-bond donors (Lipinski definition) is 0. The Hall–Kier alpha value is -2.15. The number of hydrogen-bond acceptors (Lipinski definition) is 4. The number of nitrogens with zero attached hydrogens (tertiary/aromatic N) is 6. The minimum atomic E-state index is 0.0733. The Morgan fingerprint density at radius 3 is 2.29 bits per heavy atom. The van der Waals surface area contributed by atoms with Crippen LogP contribution in [0.4, 0.5) is 0 Å². The van der Waals surface area contributed by atoms with Crippen molar-refractivity contribution in [1.29, 1.82) is 0 Å². The molecule has 0 spiro atoms. The summed E-state index contributed by atoms with van der Waals surface area (Å²) in [5, 5.41) is 8.24. The summed E-state index contributed by atoms with van der Waals surface area (Å²) >= 11 is 0. The molecule has 0 radical (unpaired) electrons. The summed E-state index contributed by atoms with van der Waals surface area (Å²) < 4.78 is 3.48. The average molecular weight is 288 g/mol. The first-order chi connectivity index (χ1) is 10.1. The predicted molar refractivity (Wildman–Crippen MR) is 77.6 cm³/mol. The SMILES string of the molecule is Cn1cc(CN2CCN(C(=O)c3cnn(C)c3)CC2)cn1. The number of rotatable bonds is 3. The molecule has 0 bridgehead atoms. The van der Waals surface area contributed by atoms with Crippen molar-refractivity contribution in [2.24, 2.45) is 14.1 Å². The molecule has 2 aromatic rings. The number of carbonyl (C=O) groups is 1. The second kappa shape index (κ2) is 5.69. The lowest BCUT2D eigenvalue weighted by Crippen LogP contribution is -2.48. The number of carbonyl (C=O) groups excluding carboxylic acids is 1. The lowest BCUT2D eigenvalue weighted by atomic mass is 10.2. The van der Waals surface area contributed by atoms with E-state index in [-0.39, 0.29) is 5.91 Å². The minimum absolute atomic E-state index is 0.0733. The molecule has 0 atom stereocenters. The Morgan fingerprint density at radius 1 is 1.05 bits per heavy atom. The molecular weight excluding hydrogens is 268 g/mol. The van der Waals surface area contributed by atoms with E-state index in [4.69, 9.17) is 0 Å². The van der Waals surface area contributed by atoms with Crippen LogP contribution < -0.4 is 0 Å². The zero-order chi connectivity index (χ0) is 14.8. The third kappa shape index (κ3) is 3.13. The Bertz CT molecular complexity index is 623. The Balaban J connectivity index is 1.54. The van der Waals surface area contributed by atoms with Crippen molar-refractivity contribution in [3.8, 4) is 0 Å². The fourth-order valence-corrected chi connectivity index (χ4v) is 2.64. The highest BCUT2D eigenvalue weighted by molar-refractivity contribution is 5.93. The van der Waals surface area contributed by atoms with Crippen LogP contribution in [0.25, 0.3) is 0 Å². The number of aromatic nitrogens is 4.